The SMILES string of the molecule is O=C(CC(c1ccccc1)c1ccccc1)N1CCC(Cl)CC1. The summed E-state index contributed by atoms with van der Waals surface area (Å²) in [5.74, 6) is 0.338. The lowest BCUT2D eigenvalue weighted by molar-refractivity contribution is -0.132. The fourth-order valence-electron chi connectivity index (χ4n) is 3.20. The Morgan fingerprint density at radius 2 is 1.43 bits per heavy atom. The van der Waals surface area contributed by atoms with Crippen molar-refractivity contribution in [3.63, 3.8) is 0 Å². The summed E-state index contributed by atoms with van der Waals surface area (Å²) in [5, 5.41) is 0.220. The molecule has 0 spiro atoms. The predicted octanol–water partition coefficient (Wildman–Crippen LogP) is 4.44. The number of nitrogens with zero attached hydrogens (tertiary/aromatic N) is 1. The first-order valence-corrected chi connectivity index (χ1v) is 8.69. The Bertz CT molecular complexity index is 581. The Kier molecular flexibility index (Phi) is 5.35. The summed E-state index contributed by atoms with van der Waals surface area (Å²) in [6.45, 7) is 1.56. The van der Waals surface area contributed by atoms with Gasteiger partial charge in [0.15, 0.2) is 0 Å². The number of piperidine rings is 1. The van der Waals surface area contributed by atoms with Crippen molar-refractivity contribution in [2.24, 2.45) is 0 Å². The zero-order valence-electron chi connectivity index (χ0n) is 13.2. The number of hydrogen-bond donors (Lipinski definition) is 0. The second kappa shape index (κ2) is 7.65. The largest absolute Gasteiger partial charge is 0.343 e. The number of hydrogen-bond acceptors (Lipinski definition) is 1. The number of amides is 1. The van der Waals surface area contributed by atoms with E-state index in [-0.39, 0.29) is 17.2 Å². The Morgan fingerprint density at radius 1 is 0.957 bits per heavy atom. The molecule has 2 nitrogen and oxygen atoms in total. The quantitative estimate of drug-likeness (QED) is 0.760. The van der Waals surface area contributed by atoms with Crippen molar-refractivity contribution in [3.8, 4) is 0 Å². The van der Waals surface area contributed by atoms with Crippen molar-refractivity contribution in [2.75, 3.05) is 13.1 Å². The Morgan fingerprint density at radius 3 is 1.91 bits per heavy atom. The smallest absolute Gasteiger partial charge is 0.223 e. The van der Waals surface area contributed by atoms with Crippen molar-refractivity contribution in [1.29, 1.82) is 0 Å². The summed E-state index contributed by atoms with van der Waals surface area (Å²) < 4.78 is 0. The molecule has 2 aromatic rings. The van der Waals surface area contributed by atoms with Crippen molar-refractivity contribution in [3.05, 3.63) is 71.8 Å². The Hall–Kier alpha value is -1.80. The van der Waals surface area contributed by atoms with Gasteiger partial charge in [0, 0.05) is 30.8 Å². The summed E-state index contributed by atoms with van der Waals surface area (Å²) in [6.07, 6.45) is 2.31. The van der Waals surface area contributed by atoms with E-state index >= 15 is 0 Å². The van der Waals surface area contributed by atoms with Gasteiger partial charge in [-0.1, -0.05) is 60.7 Å². The fourth-order valence-corrected chi connectivity index (χ4v) is 3.40. The van der Waals surface area contributed by atoms with Gasteiger partial charge in [0.2, 0.25) is 5.91 Å². The molecule has 120 valence electrons. The van der Waals surface area contributed by atoms with E-state index in [1.807, 2.05) is 41.3 Å². The number of alkyl halides is 1. The normalized spacial score (nSPS) is 15.8. The number of carbonyl (C=O) groups excluding carboxylic acids is 1. The van der Waals surface area contributed by atoms with Gasteiger partial charge in [0.05, 0.1) is 0 Å². The van der Waals surface area contributed by atoms with Crippen LogP contribution in [0.15, 0.2) is 60.7 Å². The molecular weight excluding hydrogens is 306 g/mol. The molecule has 2 aromatic carbocycles. The van der Waals surface area contributed by atoms with E-state index in [1.165, 1.54) is 11.1 Å². The molecule has 0 aliphatic carbocycles. The predicted molar refractivity (Wildman–Crippen MR) is 94.8 cm³/mol. The van der Waals surface area contributed by atoms with Gasteiger partial charge in [-0.3, -0.25) is 4.79 Å². The highest BCUT2D eigenvalue weighted by Crippen LogP contribution is 2.29. The highest BCUT2D eigenvalue weighted by atomic mass is 35.5. The average molecular weight is 328 g/mol. The lowest BCUT2D eigenvalue weighted by Crippen LogP contribution is -2.39. The minimum Gasteiger partial charge on any atom is -0.343 e. The molecule has 1 aliphatic heterocycles. The van der Waals surface area contributed by atoms with E-state index in [4.69, 9.17) is 11.6 Å². The molecule has 0 unspecified atom stereocenters. The molecule has 1 saturated heterocycles. The minimum atomic E-state index is 0.110. The van der Waals surface area contributed by atoms with E-state index in [0.717, 1.165) is 25.9 Å². The van der Waals surface area contributed by atoms with Crippen LogP contribution in [0.1, 0.15) is 36.3 Å². The molecule has 0 radical (unpaired) electrons. The van der Waals surface area contributed by atoms with E-state index in [2.05, 4.69) is 24.3 Å². The van der Waals surface area contributed by atoms with Crippen molar-refractivity contribution in [2.45, 2.75) is 30.6 Å². The maximum absolute atomic E-state index is 12.7. The van der Waals surface area contributed by atoms with Gasteiger partial charge in [0.1, 0.15) is 0 Å². The summed E-state index contributed by atoms with van der Waals surface area (Å²) in [6, 6.07) is 20.6. The number of halogens is 1. The number of benzene rings is 2. The van der Waals surface area contributed by atoms with Gasteiger partial charge in [-0.05, 0) is 24.0 Å². The Labute approximate surface area is 143 Å². The summed E-state index contributed by atoms with van der Waals surface area (Å²) >= 11 is 6.15. The highest BCUT2D eigenvalue weighted by Gasteiger charge is 2.25. The molecule has 0 bridgehead atoms. The molecule has 0 N–H and O–H groups in total. The monoisotopic (exact) mass is 327 g/mol. The average Bonchev–Trinajstić information content (AvgIpc) is 2.61. The highest BCUT2D eigenvalue weighted by molar-refractivity contribution is 6.20. The van der Waals surface area contributed by atoms with Crippen LogP contribution in [0.2, 0.25) is 0 Å². The summed E-state index contributed by atoms with van der Waals surface area (Å²) in [7, 11) is 0. The maximum atomic E-state index is 12.7. The summed E-state index contributed by atoms with van der Waals surface area (Å²) in [4.78, 5) is 14.7. The topological polar surface area (TPSA) is 20.3 Å². The van der Waals surface area contributed by atoms with Gasteiger partial charge in [-0.15, -0.1) is 11.6 Å². The first kappa shape index (κ1) is 16.1. The third kappa shape index (κ3) is 4.14. The number of rotatable bonds is 4. The van der Waals surface area contributed by atoms with Gasteiger partial charge < -0.3 is 4.90 Å². The van der Waals surface area contributed by atoms with Gasteiger partial charge in [0.25, 0.3) is 0 Å². The van der Waals surface area contributed by atoms with Crippen LogP contribution in [0.5, 0.6) is 0 Å². The maximum Gasteiger partial charge on any atom is 0.223 e. The van der Waals surface area contributed by atoms with Gasteiger partial charge >= 0.3 is 0 Å². The third-order valence-corrected chi connectivity index (χ3v) is 5.00. The zero-order chi connectivity index (χ0) is 16.1. The molecule has 1 amide bonds. The molecule has 0 atom stereocenters. The van der Waals surface area contributed by atoms with Crippen LogP contribution in [0.3, 0.4) is 0 Å². The second-order valence-electron chi connectivity index (χ2n) is 6.13. The van der Waals surface area contributed by atoms with Crippen molar-refractivity contribution >= 4 is 17.5 Å². The number of carbonyl (C=O) groups is 1. The molecular formula is C20H22ClNO. The molecule has 1 heterocycles. The molecule has 1 aliphatic rings. The van der Waals surface area contributed by atoms with Crippen LogP contribution in [-0.4, -0.2) is 29.3 Å². The van der Waals surface area contributed by atoms with Crippen molar-refractivity contribution < 1.29 is 4.79 Å². The lowest BCUT2D eigenvalue weighted by Gasteiger charge is -2.31. The van der Waals surface area contributed by atoms with Gasteiger partial charge in [-0.25, -0.2) is 0 Å². The van der Waals surface area contributed by atoms with Crippen LogP contribution in [0.25, 0.3) is 0 Å². The third-order valence-electron chi connectivity index (χ3n) is 4.56. The first-order valence-electron chi connectivity index (χ1n) is 8.26. The molecule has 1 fully saturated rings. The lowest BCUT2D eigenvalue weighted by atomic mass is 9.88. The number of likely N-dealkylation sites (tertiary alicyclic amines) is 1. The molecule has 3 rings (SSSR count). The summed E-state index contributed by atoms with van der Waals surface area (Å²) in [5.41, 5.74) is 2.39. The second-order valence-corrected chi connectivity index (χ2v) is 6.75. The van der Waals surface area contributed by atoms with E-state index in [9.17, 15) is 4.79 Å². The van der Waals surface area contributed by atoms with Crippen LogP contribution >= 0.6 is 11.6 Å². The zero-order valence-corrected chi connectivity index (χ0v) is 14.0. The first-order chi connectivity index (χ1) is 11.2. The Balaban J connectivity index is 1.78. The van der Waals surface area contributed by atoms with Crippen LogP contribution < -0.4 is 0 Å². The minimum absolute atomic E-state index is 0.110. The van der Waals surface area contributed by atoms with E-state index in [0.29, 0.717) is 6.42 Å². The van der Waals surface area contributed by atoms with E-state index in [1.54, 1.807) is 0 Å². The van der Waals surface area contributed by atoms with E-state index < -0.39 is 0 Å². The fraction of sp³-hybridized carbons (Fsp3) is 0.350. The molecule has 0 aromatic heterocycles. The standard InChI is InChI=1S/C20H22ClNO/c21-18-11-13-22(14-12-18)20(23)15-19(16-7-3-1-4-8-16)17-9-5-2-6-10-17/h1-10,18-19H,11-15H2. The van der Waals surface area contributed by atoms with Crippen molar-refractivity contribution in [1.82, 2.24) is 4.90 Å². The molecule has 3 heteroatoms. The van der Waals surface area contributed by atoms with Crippen LogP contribution in [-0.2, 0) is 4.79 Å². The van der Waals surface area contributed by atoms with Crippen LogP contribution in [0.4, 0.5) is 0 Å². The molecule has 0 saturated carbocycles. The molecule has 23 heavy (non-hydrogen) atoms. The van der Waals surface area contributed by atoms with Gasteiger partial charge in [-0.2, -0.15) is 0 Å². The van der Waals surface area contributed by atoms with Crippen LogP contribution in [0, 0.1) is 0 Å².